The Bertz CT molecular complexity index is 1080. The first kappa shape index (κ1) is 56.5. The molecule has 8 nitrogen and oxygen atoms in total. The monoisotopic (exact) mass is 858 g/mol. The maximum atomic E-state index is 13.6. The summed E-state index contributed by atoms with van der Waals surface area (Å²) in [4.78, 5) is 26.0. The molecule has 0 saturated heterocycles. The lowest BCUT2D eigenvalue weighted by atomic mass is 10.1. The first-order valence-corrected chi connectivity index (χ1v) is 26.4. The molecule has 0 aliphatic carbocycles. The maximum Gasteiger partial charge on any atom is 0.251 e. The highest BCUT2D eigenvalue weighted by molar-refractivity contribution is 5.95. The van der Waals surface area contributed by atoms with Crippen molar-refractivity contribution in [2.75, 3.05) is 39.5 Å². The number of hydrogen-bond donors (Lipinski definition) is 3. The minimum absolute atomic E-state index is 0.0299. The minimum atomic E-state index is -0.186. The number of carbonyl (C=O) groups excluding carboxylic acids is 2. The zero-order valence-electron chi connectivity index (χ0n) is 40.5. The van der Waals surface area contributed by atoms with Crippen molar-refractivity contribution in [3.8, 4) is 17.2 Å². The zero-order chi connectivity index (χ0) is 44.1. The molecule has 0 aliphatic rings. The predicted molar refractivity (Wildman–Crippen MR) is 261 cm³/mol. The molecule has 0 bridgehead atoms. The van der Waals surface area contributed by atoms with Gasteiger partial charge in [0.25, 0.3) is 5.91 Å². The summed E-state index contributed by atoms with van der Waals surface area (Å²) in [5, 5.41) is 6.06. The molecule has 0 spiro atoms. The summed E-state index contributed by atoms with van der Waals surface area (Å²) in [6, 6.07) is 3.68. The second kappa shape index (κ2) is 44.1. The van der Waals surface area contributed by atoms with Gasteiger partial charge in [0.1, 0.15) is 0 Å². The van der Waals surface area contributed by atoms with Crippen LogP contribution in [0.4, 0.5) is 0 Å². The number of benzene rings is 1. The Kier molecular flexibility index (Phi) is 40.9. The Morgan fingerprint density at radius 1 is 0.426 bits per heavy atom. The summed E-state index contributed by atoms with van der Waals surface area (Å²) in [6.45, 7) is 10.4. The number of unbranched alkanes of at least 4 members (excludes halogenated alkanes) is 30. The molecule has 0 fully saturated rings. The summed E-state index contributed by atoms with van der Waals surface area (Å²) >= 11 is 0. The van der Waals surface area contributed by atoms with Gasteiger partial charge in [-0.3, -0.25) is 9.59 Å². The van der Waals surface area contributed by atoms with Gasteiger partial charge in [-0.15, -0.1) is 0 Å². The highest BCUT2D eigenvalue weighted by atomic mass is 16.5. The third kappa shape index (κ3) is 34.7. The van der Waals surface area contributed by atoms with Gasteiger partial charge in [-0.1, -0.05) is 207 Å². The van der Waals surface area contributed by atoms with Crippen molar-refractivity contribution in [3.05, 3.63) is 17.7 Å². The van der Waals surface area contributed by atoms with Crippen molar-refractivity contribution in [2.24, 2.45) is 5.73 Å². The number of hydrogen-bond acceptors (Lipinski definition) is 6. The van der Waals surface area contributed by atoms with Crippen LogP contribution in [0.2, 0.25) is 0 Å². The van der Waals surface area contributed by atoms with Crippen LogP contribution in [-0.4, -0.2) is 51.3 Å². The third-order valence-corrected chi connectivity index (χ3v) is 11.9. The van der Waals surface area contributed by atoms with Crippen LogP contribution < -0.4 is 30.6 Å². The van der Waals surface area contributed by atoms with Crippen molar-refractivity contribution < 1.29 is 23.8 Å². The van der Waals surface area contributed by atoms with Crippen molar-refractivity contribution in [3.63, 3.8) is 0 Å². The molecule has 4 N–H and O–H groups in total. The Morgan fingerprint density at radius 3 is 1.18 bits per heavy atom. The second-order valence-corrected chi connectivity index (χ2v) is 17.8. The zero-order valence-corrected chi connectivity index (χ0v) is 40.5. The van der Waals surface area contributed by atoms with Gasteiger partial charge < -0.3 is 30.6 Å². The van der Waals surface area contributed by atoms with Crippen LogP contribution in [0.15, 0.2) is 12.1 Å². The number of carbonyl (C=O) groups is 2. The van der Waals surface area contributed by atoms with E-state index < -0.39 is 0 Å². The molecular weight excluding hydrogens is 759 g/mol. The number of rotatable bonds is 47. The van der Waals surface area contributed by atoms with E-state index in [9.17, 15) is 9.59 Å². The first-order chi connectivity index (χ1) is 30.1. The molecule has 0 aromatic heterocycles. The van der Waals surface area contributed by atoms with E-state index in [0.29, 0.717) is 68.6 Å². The molecule has 1 rings (SSSR count). The topological polar surface area (TPSA) is 112 Å². The summed E-state index contributed by atoms with van der Waals surface area (Å²) < 4.78 is 19.5. The molecule has 0 atom stereocenters. The van der Waals surface area contributed by atoms with Crippen LogP contribution in [0.5, 0.6) is 17.2 Å². The molecule has 0 aliphatic heterocycles. The molecule has 8 heteroatoms. The lowest BCUT2D eigenvalue weighted by molar-refractivity contribution is -0.121. The average molecular weight is 858 g/mol. The lowest BCUT2D eigenvalue weighted by Gasteiger charge is -2.19. The minimum Gasteiger partial charge on any atom is -0.490 e. The van der Waals surface area contributed by atoms with Crippen molar-refractivity contribution >= 4 is 11.8 Å². The van der Waals surface area contributed by atoms with Gasteiger partial charge in [0, 0.05) is 25.1 Å². The van der Waals surface area contributed by atoms with E-state index in [1.807, 2.05) is 12.1 Å². The number of nitrogens with two attached hydrogens (primary N) is 1. The highest BCUT2D eigenvalue weighted by Crippen LogP contribution is 2.40. The summed E-state index contributed by atoms with van der Waals surface area (Å²) in [6.07, 6.45) is 43.1. The van der Waals surface area contributed by atoms with Gasteiger partial charge >= 0.3 is 0 Å². The van der Waals surface area contributed by atoms with Gasteiger partial charge in [-0.05, 0) is 57.2 Å². The summed E-state index contributed by atoms with van der Waals surface area (Å²) in [5.74, 6) is 1.67. The fourth-order valence-corrected chi connectivity index (χ4v) is 7.86. The molecule has 0 heterocycles. The normalized spacial score (nSPS) is 11.2. The number of ether oxygens (including phenoxy) is 3. The molecular formula is C53H99N3O5. The quantitative estimate of drug-likeness (QED) is 0.0563. The van der Waals surface area contributed by atoms with E-state index in [-0.39, 0.29) is 11.8 Å². The Morgan fingerprint density at radius 2 is 0.770 bits per heavy atom. The van der Waals surface area contributed by atoms with E-state index in [1.165, 1.54) is 154 Å². The molecule has 0 saturated carbocycles. The van der Waals surface area contributed by atoms with Crippen LogP contribution in [0.1, 0.15) is 262 Å². The SMILES string of the molecule is CCCCCCCCCCCCOc1cc(C(=O)NCCCC(=O)NCCCCCCN)cc(OCCCCCCCCCCCC)c1OCCCCCCCCCCCC. The lowest BCUT2D eigenvalue weighted by Crippen LogP contribution is -2.28. The molecule has 1 aromatic rings. The number of amides is 2. The fraction of sp³-hybridized carbons (Fsp3) is 0.849. The van der Waals surface area contributed by atoms with E-state index in [4.69, 9.17) is 19.9 Å². The van der Waals surface area contributed by atoms with Crippen molar-refractivity contribution in [1.29, 1.82) is 0 Å². The van der Waals surface area contributed by atoms with Crippen LogP contribution in [0, 0.1) is 0 Å². The third-order valence-electron chi connectivity index (χ3n) is 11.9. The van der Waals surface area contributed by atoms with E-state index >= 15 is 0 Å². The number of nitrogens with one attached hydrogen (secondary N) is 2. The molecule has 356 valence electrons. The van der Waals surface area contributed by atoms with E-state index in [0.717, 1.165) is 70.8 Å². The predicted octanol–water partition coefficient (Wildman–Crippen LogP) is 14.7. The van der Waals surface area contributed by atoms with E-state index in [1.54, 1.807) is 0 Å². The van der Waals surface area contributed by atoms with E-state index in [2.05, 4.69) is 31.4 Å². The Hall–Kier alpha value is -2.48. The van der Waals surface area contributed by atoms with Crippen LogP contribution in [0.25, 0.3) is 0 Å². The smallest absolute Gasteiger partial charge is 0.251 e. The fourth-order valence-electron chi connectivity index (χ4n) is 7.86. The highest BCUT2D eigenvalue weighted by Gasteiger charge is 2.19. The van der Waals surface area contributed by atoms with Gasteiger partial charge in [0.15, 0.2) is 11.5 Å². The van der Waals surface area contributed by atoms with Crippen molar-refractivity contribution in [2.45, 2.75) is 252 Å². The Labute approximate surface area is 377 Å². The summed E-state index contributed by atoms with van der Waals surface area (Å²) in [7, 11) is 0. The largest absolute Gasteiger partial charge is 0.490 e. The second-order valence-electron chi connectivity index (χ2n) is 17.8. The van der Waals surface area contributed by atoms with Crippen LogP contribution in [-0.2, 0) is 4.79 Å². The van der Waals surface area contributed by atoms with Crippen LogP contribution >= 0.6 is 0 Å². The van der Waals surface area contributed by atoms with Gasteiger partial charge in [0.2, 0.25) is 11.7 Å². The standard InChI is InChI=1S/C53H99N3O5/c1-4-7-10-13-16-19-22-25-30-35-43-59-49-46-48(53(58)56-42-38-39-51(57)55-41-34-29-28-33-40-54)47-50(60-44-36-31-26-23-20-17-14-11-8-5-2)52(49)61-45-37-32-27-24-21-18-15-12-9-6-3/h46-47H,4-45,54H2,1-3H3,(H,55,57)(H,56,58). The maximum absolute atomic E-state index is 13.6. The van der Waals surface area contributed by atoms with Gasteiger partial charge in [-0.25, -0.2) is 0 Å². The van der Waals surface area contributed by atoms with Crippen molar-refractivity contribution in [1.82, 2.24) is 10.6 Å². The molecule has 2 amide bonds. The average Bonchev–Trinajstić information content (AvgIpc) is 3.26. The molecule has 0 radical (unpaired) electrons. The van der Waals surface area contributed by atoms with Crippen LogP contribution in [0.3, 0.4) is 0 Å². The summed E-state index contributed by atoms with van der Waals surface area (Å²) in [5.41, 5.74) is 6.08. The molecule has 0 unspecified atom stereocenters. The molecule has 61 heavy (non-hydrogen) atoms. The first-order valence-electron chi connectivity index (χ1n) is 26.4. The van der Waals surface area contributed by atoms with Gasteiger partial charge in [-0.2, -0.15) is 0 Å². The molecule has 1 aromatic carbocycles. The Balaban J connectivity index is 2.90. The van der Waals surface area contributed by atoms with Gasteiger partial charge in [0.05, 0.1) is 19.8 Å².